The molecule has 0 aliphatic rings. The molecule has 0 saturated carbocycles. The first kappa shape index (κ1) is 30.5. The van der Waals surface area contributed by atoms with Crippen molar-refractivity contribution in [1.82, 2.24) is 0 Å². The molecule has 0 aliphatic heterocycles. The average molecular weight is 514 g/mol. The van der Waals surface area contributed by atoms with Crippen molar-refractivity contribution < 1.29 is 52.7 Å². The Morgan fingerprint density at radius 3 is 2.00 bits per heavy atom. The first-order valence-corrected chi connectivity index (χ1v) is 11.6. The van der Waals surface area contributed by atoms with E-state index in [0.717, 1.165) is 20.0 Å². The Hall–Kier alpha value is -3.54. The van der Waals surface area contributed by atoms with E-state index in [1.165, 1.54) is 25.1 Å². The lowest BCUT2D eigenvalue weighted by Gasteiger charge is -2.27. The number of carbonyl (C=O) groups is 4. The molecule has 202 valence electrons. The highest BCUT2D eigenvalue weighted by Crippen LogP contribution is 2.31. The summed E-state index contributed by atoms with van der Waals surface area (Å²) in [6, 6.07) is 4.09. The molecule has 12 heteroatoms. The van der Waals surface area contributed by atoms with Gasteiger partial charge in [-0.05, 0) is 37.5 Å². The summed E-state index contributed by atoms with van der Waals surface area (Å²) in [5.74, 6) is -1.66. The molecule has 0 bridgehead atoms. The van der Waals surface area contributed by atoms with Crippen molar-refractivity contribution in [3.05, 3.63) is 23.8 Å². The molecule has 0 unspecified atom stereocenters. The fourth-order valence-electron chi connectivity index (χ4n) is 3.03. The lowest BCUT2D eigenvalue weighted by molar-refractivity contribution is -0.144. The fourth-order valence-corrected chi connectivity index (χ4v) is 3.03. The second-order valence-corrected chi connectivity index (χ2v) is 8.11. The van der Waals surface area contributed by atoms with Crippen LogP contribution in [0.3, 0.4) is 0 Å². The van der Waals surface area contributed by atoms with E-state index < -0.39 is 36.1 Å². The molecule has 0 saturated heterocycles. The zero-order valence-electron chi connectivity index (χ0n) is 21.1. The van der Waals surface area contributed by atoms with E-state index in [9.17, 15) is 24.3 Å². The smallest absolute Gasteiger partial charge is 0.480 e. The van der Waals surface area contributed by atoms with Gasteiger partial charge in [0.25, 0.3) is 0 Å². The Balaban J connectivity index is 3.13. The van der Waals surface area contributed by atoms with Gasteiger partial charge in [0.2, 0.25) is 0 Å². The van der Waals surface area contributed by atoms with E-state index in [0.29, 0.717) is 18.4 Å². The van der Waals surface area contributed by atoms with Crippen LogP contribution < -0.4 is 15.2 Å². The Morgan fingerprint density at radius 1 is 0.944 bits per heavy atom. The fraction of sp³-hybridized carbons (Fsp3) is 0.583. The molecule has 12 nitrogen and oxygen atoms in total. The molecule has 0 fully saturated rings. The van der Waals surface area contributed by atoms with E-state index >= 15 is 0 Å². The molecular weight excluding hydrogens is 478 g/mol. The summed E-state index contributed by atoms with van der Waals surface area (Å²) < 4.78 is 29.7. The van der Waals surface area contributed by atoms with Crippen LogP contribution in [0.25, 0.3) is 0 Å². The minimum Gasteiger partial charge on any atom is -0.480 e. The predicted octanol–water partition coefficient (Wildman–Crippen LogP) is 4.20. The van der Waals surface area contributed by atoms with Gasteiger partial charge in [-0.3, -0.25) is 4.79 Å². The van der Waals surface area contributed by atoms with Crippen LogP contribution >= 0.6 is 0 Å². The van der Waals surface area contributed by atoms with Crippen molar-refractivity contribution in [1.29, 1.82) is 0 Å². The summed E-state index contributed by atoms with van der Waals surface area (Å²) in [4.78, 5) is 47.4. The number of ether oxygens (including phenoxy) is 6. The van der Waals surface area contributed by atoms with E-state index in [1.54, 1.807) is 0 Å². The van der Waals surface area contributed by atoms with Crippen LogP contribution in [0.1, 0.15) is 58.4 Å². The summed E-state index contributed by atoms with van der Waals surface area (Å²) in [5.41, 5.74) is 4.63. The van der Waals surface area contributed by atoms with Crippen molar-refractivity contribution in [2.24, 2.45) is 5.73 Å². The van der Waals surface area contributed by atoms with Gasteiger partial charge in [0, 0.05) is 12.8 Å². The topological polar surface area (TPSA) is 170 Å². The largest absolute Gasteiger partial charge is 0.513 e. The molecule has 1 rings (SSSR count). The van der Waals surface area contributed by atoms with Crippen LogP contribution in [0, 0.1) is 0 Å². The number of benzene rings is 1. The van der Waals surface area contributed by atoms with Gasteiger partial charge in [-0.2, -0.15) is 0 Å². The van der Waals surface area contributed by atoms with E-state index in [-0.39, 0.29) is 37.6 Å². The maximum Gasteiger partial charge on any atom is 0.513 e. The molecule has 2 atom stereocenters. The Labute approximate surface area is 209 Å². The molecule has 0 radical (unpaired) electrons. The standard InChI is InChI=1S/C24H35NO11/c1-5-7-11-32-22(29)35-18-10-9-17(13-19(18)36-23(30)33-12-8-6-2)15-24(25,20(26)27)14-16(3)34-21(28)31-4/h9-10,13,16H,5-8,11-12,14-15,25H2,1-4H3,(H,26,27)/t16-,24+/m0/s1. The molecule has 36 heavy (non-hydrogen) atoms. The SMILES string of the molecule is CCCCOC(=O)Oc1ccc(C[C@](N)(C[C@H](C)OC(=O)OC)C(=O)O)cc1OC(=O)OCCCC. The lowest BCUT2D eigenvalue weighted by atomic mass is 9.86. The molecule has 1 aromatic rings. The van der Waals surface area contributed by atoms with E-state index in [1.807, 2.05) is 13.8 Å². The first-order valence-electron chi connectivity index (χ1n) is 11.6. The van der Waals surface area contributed by atoms with Crippen molar-refractivity contribution in [2.45, 2.75) is 70.9 Å². The van der Waals surface area contributed by atoms with Crippen LogP contribution in [-0.4, -0.2) is 61.5 Å². The van der Waals surface area contributed by atoms with Gasteiger partial charge in [0.15, 0.2) is 11.5 Å². The number of methoxy groups -OCH3 is 1. The van der Waals surface area contributed by atoms with Gasteiger partial charge >= 0.3 is 24.4 Å². The third kappa shape index (κ3) is 10.8. The van der Waals surface area contributed by atoms with Crippen molar-refractivity contribution in [3.8, 4) is 11.5 Å². The molecular formula is C24H35NO11. The molecule has 0 spiro atoms. The van der Waals surface area contributed by atoms with Gasteiger partial charge in [-0.1, -0.05) is 32.8 Å². The first-order chi connectivity index (χ1) is 17.0. The molecule has 3 N–H and O–H groups in total. The Morgan fingerprint density at radius 2 is 1.50 bits per heavy atom. The number of hydrogen-bond donors (Lipinski definition) is 2. The van der Waals surface area contributed by atoms with E-state index in [2.05, 4.69) is 4.74 Å². The Kier molecular flexibility index (Phi) is 13.1. The summed E-state index contributed by atoms with van der Waals surface area (Å²) in [5, 5.41) is 9.76. The number of carbonyl (C=O) groups excluding carboxylic acids is 3. The van der Waals surface area contributed by atoms with Gasteiger partial charge in [-0.15, -0.1) is 0 Å². The second-order valence-electron chi connectivity index (χ2n) is 8.11. The van der Waals surface area contributed by atoms with Crippen LogP contribution in [0.4, 0.5) is 14.4 Å². The third-order valence-corrected chi connectivity index (χ3v) is 4.89. The average Bonchev–Trinajstić information content (AvgIpc) is 2.80. The van der Waals surface area contributed by atoms with Crippen LogP contribution in [0.5, 0.6) is 11.5 Å². The van der Waals surface area contributed by atoms with E-state index in [4.69, 9.17) is 29.4 Å². The van der Waals surface area contributed by atoms with Gasteiger partial charge in [0.05, 0.1) is 20.3 Å². The van der Waals surface area contributed by atoms with Crippen molar-refractivity contribution in [2.75, 3.05) is 20.3 Å². The van der Waals surface area contributed by atoms with Crippen LogP contribution in [0.2, 0.25) is 0 Å². The highest BCUT2D eigenvalue weighted by molar-refractivity contribution is 5.79. The van der Waals surface area contributed by atoms with Crippen LogP contribution in [0.15, 0.2) is 18.2 Å². The third-order valence-electron chi connectivity index (χ3n) is 4.89. The maximum absolute atomic E-state index is 12.1. The normalized spacial score (nSPS) is 13.0. The summed E-state index contributed by atoms with van der Waals surface area (Å²) in [7, 11) is 1.12. The highest BCUT2D eigenvalue weighted by Gasteiger charge is 2.37. The number of hydrogen-bond acceptors (Lipinski definition) is 11. The maximum atomic E-state index is 12.1. The van der Waals surface area contributed by atoms with Crippen molar-refractivity contribution >= 4 is 24.4 Å². The molecule has 0 aliphatic carbocycles. The Bertz CT molecular complexity index is 889. The molecule has 0 amide bonds. The number of rotatable bonds is 14. The minimum atomic E-state index is -1.85. The minimum absolute atomic E-state index is 0.131. The quantitative estimate of drug-likeness (QED) is 0.157. The lowest BCUT2D eigenvalue weighted by Crippen LogP contribution is -2.52. The summed E-state index contributed by atoms with van der Waals surface area (Å²) >= 11 is 0. The molecule has 0 heterocycles. The highest BCUT2D eigenvalue weighted by atomic mass is 16.7. The van der Waals surface area contributed by atoms with Gasteiger partial charge < -0.3 is 39.3 Å². The summed E-state index contributed by atoms with van der Waals surface area (Å²) in [6.45, 7) is 5.62. The zero-order chi connectivity index (χ0) is 27.1. The predicted molar refractivity (Wildman–Crippen MR) is 126 cm³/mol. The van der Waals surface area contributed by atoms with Gasteiger partial charge in [0.1, 0.15) is 11.6 Å². The number of aliphatic carboxylic acids is 1. The zero-order valence-corrected chi connectivity index (χ0v) is 21.1. The molecule has 0 aromatic heterocycles. The van der Waals surface area contributed by atoms with Gasteiger partial charge in [-0.25, -0.2) is 14.4 Å². The number of carboxylic acids is 1. The van der Waals surface area contributed by atoms with Crippen LogP contribution in [-0.2, 0) is 30.2 Å². The monoisotopic (exact) mass is 513 g/mol. The number of nitrogens with two attached hydrogens (primary N) is 1. The summed E-state index contributed by atoms with van der Waals surface area (Å²) in [6.07, 6.45) is -1.46. The molecule has 1 aromatic carbocycles. The number of carboxylic acid groups (broad SMARTS) is 1. The second kappa shape index (κ2) is 15.5. The number of unbranched alkanes of at least 4 members (excludes halogenated alkanes) is 2. The van der Waals surface area contributed by atoms with Crippen molar-refractivity contribution in [3.63, 3.8) is 0 Å².